The van der Waals surface area contributed by atoms with E-state index < -0.39 is 34.9 Å². The van der Waals surface area contributed by atoms with E-state index in [1.165, 1.54) is 0 Å². The molecule has 1 atom stereocenters. The van der Waals surface area contributed by atoms with Gasteiger partial charge in [-0.1, -0.05) is 24.2 Å². The lowest BCUT2D eigenvalue weighted by Gasteiger charge is -2.31. The summed E-state index contributed by atoms with van der Waals surface area (Å²) < 4.78 is 50.6. The number of aromatic nitrogens is 2. The summed E-state index contributed by atoms with van der Waals surface area (Å²) >= 11 is 0. The molecule has 0 bridgehead atoms. The molecule has 0 saturated heterocycles. The summed E-state index contributed by atoms with van der Waals surface area (Å²) in [7, 11) is 0. The van der Waals surface area contributed by atoms with Gasteiger partial charge < -0.3 is 19.8 Å². The molecule has 1 fully saturated rings. The van der Waals surface area contributed by atoms with Gasteiger partial charge in [0.15, 0.2) is 11.6 Å². The highest BCUT2D eigenvalue weighted by molar-refractivity contribution is 6.00. The van der Waals surface area contributed by atoms with Gasteiger partial charge in [-0.15, -0.1) is 5.10 Å². The number of halogens is 3. The molecular weight excluding hydrogens is 489 g/mol. The number of ether oxygens (including phenoxy) is 1. The van der Waals surface area contributed by atoms with Crippen molar-refractivity contribution in [2.75, 3.05) is 17.2 Å². The Morgan fingerprint density at radius 3 is 2.38 bits per heavy atom. The molecule has 0 aliphatic heterocycles. The summed E-state index contributed by atoms with van der Waals surface area (Å²) in [4.78, 5) is 24.5. The third-order valence-electron chi connectivity index (χ3n) is 6.65. The second kappa shape index (κ2) is 11.4. The van der Waals surface area contributed by atoms with Crippen LogP contribution in [0, 0.1) is 29.3 Å². The predicted molar refractivity (Wildman–Crippen MR) is 129 cm³/mol. The van der Waals surface area contributed by atoms with Gasteiger partial charge in [-0.05, 0) is 62.1 Å². The lowest BCUT2D eigenvalue weighted by atomic mass is 9.74. The van der Waals surface area contributed by atoms with Gasteiger partial charge in [0.05, 0.1) is 18.2 Å². The van der Waals surface area contributed by atoms with Crippen LogP contribution in [0.3, 0.4) is 0 Å². The second-order valence-corrected chi connectivity index (χ2v) is 9.01. The Bertz CT molecular complexity index is 1260. The number of esters is 1. The molecule has 1 aliphatic carbocycles. The highest BCUT2D eigenvalue weighted by Crippen LogP contribution is 2.39. The Hall–Kier alpha value is -3.89. The van der Waals surface area contributed by atoms with Crippen molar-refractivity contribution >= 4 is 29.3 Å². The Morgan fingerprint density at radius 1 is 1.03 bits per heavy atom. The fourth-order valence-corrected chi connectivity index (χ4v) is 4.54. The first-order valence-corrected chi connectivity index (χ1v) is 12.1. The van der Waals surface area contributed by atoms with Crippen LogP contribution >= 0.6 is 0 Å². The topological polar surface area (TPSA) is 106 Å². The minimum Gasteiger partial charge on any atom is -0.466 e. The lowest BCUT2D eigenvalue weighted by molar-refractivity contribution is -0.149. The molecule has 11 heteroatoms. The van der Waals surface area contributed by atoms with Gasteiger partial charge in [0.2, 0.25) is 0 Å². The summed E-state index contributed by atoms with van der Waals surface area (Å²) in [5, 5.41) is 12.1. The molecule has 2 N–H and O–H groups in total. The number of nitrogens with one attached hydrogen (secondary N) is 2. The number of hydrogen-bond donors (Lipinski definition) is 2. The van der Waals surface area contributed by atoms with E-state index in [4.69, 9.17) is 9.15 Å². The average Bonchev–Trinajstić information content (AvgIpc) is 3.36. The fourth-order valence-electron chi connectivity index (χ4n) is 4.54. The molecule has 1 saturated carbocycles. The van der Waals surface area contributed by atoms with Crippen LogP contribution in [0.5, 0.6) is 0 Å². The standard InChI is InChI=1S/C26H27F3N4O4/c1-3-36-25(35)14(2)15-4-6-16(7-5-15)17-8-10-18(11-9-17)30-23(34)24-32-33-26(37-24)31-22-13-20(28)19(27)12-21(22)29/h8-16H,3-7H2,1-2H3,(H,30,34)(H,31,33)/t14-,15?,16?/m1/s1. The molecule has 8 nitrogen and oxygen atoms in total. The number of carbonyl (C=O) groups is 2. The third-order valence-corrected chi connectivity index (χ3v) is 6.65. The third kappa shape index (κ3) is 6.28. The zero-order valence-corrected chi connectivity index (χ0v) is 20.4. The molecule has 3 aromatic rings. The van der Waals surface area contributed by atoms with Gasteiger partial charge in [-0.3, -0.25) is 9.59 Å². The van der Waals surface area contributed by atoms with E-state index in [1.807, 2.05) is 26.0 Å². The number of amides is 1. The van der Waals surface area contributed by atoms with Crippen LogP contribution in [0.15, 0.2) is 40.8 Å². The SMILES string of the molecule is CCOC(=O)[C@H](C)C1CCC(c2ccc(NC(=O)c3nnc(Nc4cc(F)c(F)cc4F)o3)cc2)CC1. The minimum atomic E-state index is -1.34. The summed E-state index contributed by atoms with van der Waals surface area (Å²) in [5.41, 5.74) is 1.24. The highest BCUT2D eigenvalue weighted by atomic mass is 19.2. The van der Waals surface area contributed by atoms with Crippen LogP contribution in [0.1, 0.15) is 61.7 Å². The Balaban J connectivity index is 1.31. The maximum Gasteiger partial charge on any atom is 0.320 e. The van der Waals surface area contributed by atoms with E-state index in [0.29, 0.717) is 36.3 Å². The van der Waals surface area contributed by atoms with Crippen molar-refractivity contribution < 1.29 is 31.9 Å². The van der Waals surface area contributed by atoms with Crippen molar-refractivity contribution in [3.63, 3.8) is 0 Å². The zero-order valence-electron chi connectivity index (χ0n) is 20.4. The van der Waals surface area contributed by atoms with Gasteiger partial charge >= 0.3 is 23.8 Å². The molecule has 2 aromatic carbocycles. The Labute approximate surface area is 211 Å². The number of rotatable bonds is 8. The van der Waals surface area contributed by atoms with Crippen molar-refractivity contribution in [1.29, 1.82) is 0 Å². The van der Waals surface area contributed by atoms with Crippen LogP contribution in [0.4, 0.5) is 30.6 Å². The molecule has 1 amide bonds. The average molecular weight is 517 g/mol. The summed E-state index contributed by atoms with van der Waals surface area (Å²) in [6.07, 6.45) is 3.84. The molecule has 4 rings (SSSR count). The first-order chi connectivity index (χ1) is 17.7. The monoisotopic (exact) mass is 516 g/mol. The molecule has 1 heterocycles. The molecule has 0 unspecified atom stereocenters. The van der Waals surface area contributed by atoms with Crippen LogP contribution in [-0.4, -0.2) is 28.7 Å². The first kappa shape index (κ1) is 26.2. The smallest absolute Gasteiger partial charge is 0.320 e. The molecule has 0 spiro atoms. The highest BCUT2D eigenvalue weighted by Gasteiger charge is 2.30. The van der Waals surface area contributed by atoms with E-state index in [9.17, 15) is 22.8 Å². The first-order valence-electron chi connectivity index (χ1n) is 12.1. The van der Waals surface area contributed by atoms with E-state index in [0.717, 1.165) is 31.2 Å². The van der Waals surface area contributed by atoms with Crippen LogP contribution in [-0.2, 0) is 9.53 Å². The number of benzene rings is 2. The second-order valence-electron chi connectivity index (χ2n) is 9.01. The van der Waals surface area contributed by atoms with Gasteiger partial charge in [-0.25, -0.2) is 13.2 Å². The van der Waals surface area contributed by atoms with E-state index in [2.05, 4.69) is 20.8 Å². The molecule has 1 aliphatic rings. The van der Waals surface area contributed by atoms with Crippen molar-refractivity contribution in [2.24, 2.45) is 11.8 Å². The fraction of sp³-hybridized carbons (Fsp3) is 0.385. The van der Waals surface area contributed by atoms with Crippen molar-refractivity contribution in [1.82, 2.24) is 10.2 Å². The van der Waals surface area contributed by atoms with E-state index in [1.54, 1.807) is 12.1 Å². The minimum absolute atomic E-state index is 0.102. The lowest BCUT2D eigenvalue weighted by Crippen LogP contribution is -2.26. The summed E-state index contributed by atoms with van der Waals surface area (Å²) in [5.74, 6) is -4.29. The molecule has 37 heavy (non-hydrogen) atoms. The summed E-state index contributed by atoms with van der Waals surface area (Å²) in [6, 6.07) is 8.05. The largest absolute Gasteiger partial charge is 0.466 e. The van der Waals surface area contributed by atoms with Crippen LogP contribution in [0.25, 0.3) is 0 Å². The number of carbonyl (C=O) groups excluding carboxylic acids is 2. The molecule has 1 aromatic heterocycles. The maximum absolute atomic E-state index is 13.8. The van der Waals surface area contributed by atoms with Crippen molar-refractivity contribution in [3.8, 4) is 0 Å². The number of hydrogen-bond acceptors (Lipinski definition) is 7. The Morgan fingerprint density at radius 2 is 1.70 bits per heavy atom. The number of nitrogens with zero attached hydrogens (tertiary/aromatic N) is 2. The van der Waals surface area contributed by atoms with Crippen LogP contribution < -0.4 is 10.6 Å². The van der Waals surface area contributed by atoms with Gasteiger partial charge in [0.1, 0.15) is 5.82 Å². The van der Waals surface area contributed by atoms with Gasteiger partial charge in [0.25, 0.3) is 0 Å². The molecular formula is C26H27F3N4O4. The van der Waals surface area contributed by atoms with Crippen molar-refractivity contribution in [2.45, 2.75) is 45.4 Å². The zero-order chi connectivity index (χ0) is 26.5. The van der Waals surface area contributed by atoms with Gasteiger partial charge in [-0.2, -0.15) is 0 Å². The van der Waals surface area contributed by atoms with Crippen LogP contribution in [0.2, 0.25) is 0 Å². The van der Waals surface area contributed by atoms with E-state index >= 15 is 0 Å². The number of anilines is 3. The van der Waals surface area contributed by atoms with Gasteiger partial charge in [0, 0.05) is 17.8 Å². The maximum atomic E-state index is 13.8. The Kier molecular flexibility index (Phi) is 8.10. The van der Waals surface area contributed by atoms with E-state index in [-0.39, 0.29) is 17.9 Å². The predicted octanol–water partition coefficient (Wildman–Crippen LogP) is 5.96. The molecule has 196 valence electrons. The molecule has 0 radical (unpaired) electrons. The normalized spacial score (nSPS) is 18.2. The van der Waals surface area contributed by atoms with Crippen molar-refractivity contribution in [3.05, 3.63) is 65.3 Å². The summed E-state index contributed by atoms with van der Waals surface area (Å²) in [6.45, 7) is 4.14. The quantitative estimate of drug-likeness (QED) is 0.281.